The van der Waals surface area contributed by atoms with Crippen LogP contribution in [0.4, 0.5) is 0 Å². The molecule has 2 unspecified atom stereocenters. The van der Waals surface area contributed by atoms with Gasteiger partial charge in [0.2, 0.25) is 5.91 Å². The summed E-state index contributed by atoms with van der Waals surface area (Å²) in [5, 5.41) is 2.41. The Balaban J connectivity index is 1.93. The molecule has 0 aromatic heterocycles. The predicted octanol–water partition coefficient (Wildman–Crippen LogP) is -0.525. The molecule has 17 heavy (non-hydrogen) atoms. The highest BCUT2D eigenvalue weighted by molar-refractivity contribution is 7.86. The minimum Gasteiger partial charge on any atom is -0.340 e. The Kier molecular flexibility index (Phi) is 3.70. The van der Waals surface area contributed by atoms with Crippen molar-refractivity contribution in [1.82, 2.24) is 10.2 Å². The van der Waals surface area contributed by atoms with Crippen molar-refractivity contribution in [1.29, 1.82) is 0 Å². The fourth-order valence-electron chi connectivity index (χ4n) is 2.58. The molecule has 1 amide bonds. The second-order valence-corrected chi connectivity index (χ2v) is 6.42. The van der Waals surface area contributed by atoms with Gasteiger partial charge in [-0.2, -0.15) is 8.42 Å². The van der Waals surface area contributed by atoms with Gasteiger partial charge in [-0.15, -0.1) is 0 Å². The molecule has 1 saturated carbocycles. The Hall–Kier alpha value is -0.660. The Morgan fingerprint density at radius 1 is 1.24 bits per heavy atom. The molecule has 2 aliphatic rings. The first-order valence-electron chi connectivity index (χ1n) is 5.94. The van der Waals surface area contributed by atoms with E-state index in [1.807, 2.05) is 0 Å². The fourth-order valence-corrected chi connectivity index (χ4v) is 3.49. The molecule has 0 radical (unpaired) electrons. The first-order valence-corrected chi connectivity index (χ1v) is 7.44. The molecular formula is C10H18N2O4S. The molecule has 6 nitrogen and oxygen atoms in total. The van der Waals surface area contributed by atoms with E-state index >= 15 is 0 Å². The highest BCUT2D eigenvalue weighted by Crippen LogP contribution is 2.31. The summed E-state index contributed by atoms with van der Waals surface area (Å²) in [6, 6.07) is 0. The van der Waals surface area contributed by atoms with Gasteiger partial charge in [-0.25, -0.2) is 0 Å². The van der Waals surface area contributed by atoms with Crippen molar-refractivity contribution in [2.24, 2.45) is 5.92 Å². The van der Waals surface area contributed by atoms with Crippen molar-refractivity contribution in [2.45, 2.75) is 24.5 Å². The van der Waals surface area contributed by atoms with Crippen LogP contribution in [-0.4, -0.2) is 55.2 Å². The molecule has 2 atom stereocenters. The topological polar surface area (TPSA) is 86.7 Å². The highest BCUT2D eigenvalue weighted by atomic mass is 32.2. The largest absolute Gasteiger partial charge is 0.340 e. The van der Waals surface area contributed by atoms with E-state index in [-0.39, 0.29) is 18.2 Å². The summed E-state index contributed by atoms with van der Waals surface area (Å²) < 4.78 is 31.0. The molecule has 2 N–H and O–H groups in total. The van der Waals surface area contributed by atoms with Crippen LogP contribution in [-0.2, 0) is 14.9 Å². The maximum Gasteiger partial charge on any atom is 0.267 e. The third-order valence-corrected chi connectivity index (χ3v) is 4.85. The Labute approximate surface area is 101 Å². The summed E-state index contributed by atoms with van der Waals surface area (Å²) in [6.07, 6.45) is 1.22. The van der Waals surface area contributed by atoms with E-state index in [4.69, 9.17) is 4.55 Å². The van der Waals surface area contributed by atoms with Crippen molar-refractivity contribution in [3.05, 3.63) is 0 Å². The molecule has 7 heteroatoms. The molecular weight excluding hydrogens is 244 g/mol. The third kappa shape index (κ3) is 2.97. The maximum atomic E-state index is 12.1. The number of carbonyl (C=O) groups excluding carboxylic acids is 1. The summed E-state index contributed by atoms with van der Waals surface area (Å²) in [7, 11) is -3.98. The summed E-state index contributed by atoms with van der Waals surface area (Å²) in [6.45, 7) is 2.96. The van der Waals surface area contributed by atoms with Gasteiger partial charge in [-0.05, 0) is 19.3 Å². The van der Waals surface area contributed by atoms with E-state index in [0.717, 1.165) is 13.1 Å². The quantitative estimate of drug-likeness (QED) is 0.654. The zero-order valence-electron chi connectivity index (χ0n) is 9.63. The lowest BCUT2D eigenvalue weighted by atomic mass is 10.1. The normalized spacial score (nSPS) is 30.5. The number of rotatable bonds is 2. The molecule has 2 fully saturated rings. The number of hydrogen-bond acceptors (Lipinski definition) is 4. The van der Waals surface area contributed by atoms with Crippen LogP contribution in [0.5, 0.6) is 0 Å². The number of carbonyl (C=O) groups is 1. The van der Waals surface area contributed by atoms with Crippen LogP contribution in [0, 0.1) is 5.92 Å². The lowest BCUT2D eigenvalue weighted by Gasteiger charge is -2.29. The van der Waals surface area contributed by atoms with Crippen molar-refractivity contribution >= 4 is 16.0 Å². The number of piperazine rings is 1. The predicted molar refractivity (Wildman–Crippen MR) is 62.1 cm³/mol. The summed E-state index contributed by atoms with van der Waals surface area (Å²) in [5.74, 6) is -0.197. The average Bonchev–Trinajstić information content (AvgIpc) is 2.78. The minimum atomic E-state index is -3.98. The van der Waals surface area contributed by atoms with Gasteiger partial charge in [0.25, 0.3) is 10.1 Å². The van der Waals surface area contributed by atoms with Gasteiger partial charge in [0.05, 0.1) is 5.25 Å². The standard InChI is InChI=1S/C10H18N2O4S/c13-10(12-5-3-11-4-6-12)8-1-2-9(7-8)17(14,15)16/h8-9,11H,1-7H2,(H,14,15,16). The van der Waals surface area contributed by atoms with Crippen LogP contribution in [0.3, 0.4) is 0 Å². The lowest BCUT2D eigenvalue weighted by Crippen LogP contribution is -2.48. The van der Waals surface area contributed by atoms with Gasteiger partial charge >= 0.3 is 0 Å². The number of amides is 1. The Bertz CT molecular complexity index is 389. The van der Waals surface area contributed by atoms with Gasteiger partial charge in [-0.1, -0.05) is 0 Å². The summed E-state index contributed by atoms with van der Waals surface area (Å²) >= 11 is 0. The second kappa shape index (κ2) is 4.91. The van der Waals surface area contributed by atoms with Crippen molar-refractivity contribution < 1.29 is 17.8 Å². The van der Waals surface area contributed by atoms with E-state index in [2.05, 4.69) is 5.32 Å². The van der Waals surface area contributed by atoms with E-state index in [0.29, 0.717) is 25.9 Å². The molecule has 1 aliphatic carbocycles. The fraction of sp³-hybridized carbons (Fsp3) is 0.900. The zero-order chi connectivity index (χ0) is 12.5. The molecule has 0 spiro atoms. The molecule has 0 aromatic carbocycles. The molecule has 2 rings (SSSR count). The summed E-state index contributed by atoms with van der Waals surface area (Å²) in [4.78, 5) is 13.9. The second-order valence-electron chi connectivity index (χ2n) is 4.72. The SMILES string of the molecule is O=C(C1CCC(S(=O)(=O)O)C1)N1CCNCC1. The molecule has 1 heterocycles. The van der Waals surface area contributed by atoms with Gasteiger partial charge in [0.1, 0.15) is 0 Å². The van der Waals surface area contributed by atoms with E-state index in [1.165, 1.54) is 0 Å². The Morgan fingerprint density at radius 3 is 2.41 bits per heavy atom. The number of nitrogens with zero attached hydrogens (tertiary/aromatic N) is 1. The Morgan fingerprint density at radius 2 is 1.88 bits per heavy atom. The van der Waals surface area contributed by atoms with E-state index in [9.17, 15) is 13.2 Å². The van der Waals surface area contributed by atoms with Crippen LogP contribution in [0.2, 0.25) is 0 Å². The molecule has 98 valence electrons. The van der Waals surface area contributed by atoms with Crippen LogP contribution in [0.15, 0.2) is 0 Å². The number of hydrogen-bond donors (Lipinski definition) is 2. The lowest BCUT2D eigenvalue weighted by molar-refractivity contribution is -0.135. The van der Waals surface area contributed by atoms with Crippen molar-refractivity contribution in [3.8, 4) is 0 Å². The molecule has 0 aromatic rings. The first-order chi connectivity index (χ1) is 7.98. The van der Waals surface area contributed by atoms with Crippen LogP contribution in [0.25, 0.3) is 0 Å². The van der Waals surface area contributed by atoms with Gasteiger partial charge in [-0.3, -0.25) is 9.35 Å². The molecule has 0 bridgehead atoms. The van der Waals surface area contributed by atoms with Gasteiger partial charge < -0.3 is 10.2 Å². The molecule has 1 saturated heterocycles. The van der Waals surface area contributed by atoms with E-state index in [1.54, 1.807) is 4.90 Å². The average molecular weight is 262 g/mol. The highest BCUT2D eigenvalue weighted by Gasteiger charge is 2.38. The molecule has 1 aliphatic heterocycles. The van der Waals surface area contributed by atoms with Gasteiger partial charge in [0, 0.05) is 32.1 Å². The third-order valence-electron chi connectivity index (χ3n) is 3.58. The maximum absolute atomic E-state index is 12.1. The van der Waals surface area contributed by atoms with Crippen molar-refractivity contribution in [3.63, 3.8) is 0 Å². The zero-order valence-corrected chi connectivity index (χ0v) is 10.4. The summed E-state index contributed by atoms with van der Waals surface area (Å²) in [5.41, 5.74) is 0. The van der Waals surface area contributed by atoms with Crippen LogP contribution >= 0.6 is 0 Å². The first kappa shape index (κ1) is 12.8. The van der Waals surface area contributed by atoms with Crippen molar-refractivity contribution in [2.75, 3.05) is 26.2 Å². The smallest absolute Gasteiger partial charge is 0.267 e. The van der Waals surface area contributed by atoms with Gasteiger partial charge in [0.15, 0.2) is 0 Å². The number of nitrogens with one attached hydrogen (secondary N) is 1. The van der Waals surface area contributed by atoms with E-state index < -0.39 is 15.4 Å². The monoisotopic (exact) mass is 262 g/mol. The van der Waals surface area contributed by atoms with Crippen LogP contribution in [0.1, 0.15) is 19.3 Å². The van der Waals surface area contributed by atoms with Crippen LogP contribution < -0.4 is 5.32 Å². The minimum absolute atomic E-state index is 0.0395.